The molecule has 2 amide bonds. The molecule has 1 aromatic carbocycles. The number of tetrazole rings is 1. The highest BCUT2D eigenvalue weighted by Gasteiger charge is 2.38. The highest BCUT2D eigenvalue weighted by atomic mass is 16.5. The first kappa shape index (κ1) is 26.7. The lowest BCUT2D eigenvalue weighted by Gasteiger charge is -2.31. The van der Waals surface area contributed by atoms with E-state index in [1.165, 1.54) is 6.08 Å². The molecule has 11 nitrogen and oxygen atoms in total. The lowest BCUT2D eigenvalue weighted by molar-refractivity contribution is -0.138. The Bertz CT molecular complexity index is 1050. The van der Waals surface area contributed by atoms with E-state index in [1.54, 1.807) is 16.5 Å². The summed E-state index contributed by atoms with van der Waals surface area (Å²) in [5.41, 5.74) is 1.13. The average Bonchev–Trinajstić information content (AvgIpc) is 3.54. The van der Waals surface area contributed by atoms with Crippen molar-refractivity contribution >= 4 is 17.9 Å². The van der Waals surface area contributed by atoms with Crippen molar-refractivity contribution in [3.63, 3.8) is 0 Å². The first-order valence-corrected chi connectivity index (χ1v) is 11.9. The van der Waals surface area contributed by atoms with Gasteiger partial charge >= 0.3 is 6.09 Å². The number of amides is 2. The van der Waals surface area contributed by atoms with Crippen LogP contribution in [0.5, 0.6) is 0 Å². The molecule has 11 heteroatoms. The Kier molecular flexibility index (Phi) is 9.82. The largest absolute Gasteiger partial charge is 0.445 e. The second-order valence-corrected chi connectivity index (χ2v) is 8.56. The number of terminal acetylenes is 1. The van der Waals surface area contributed by atoms with Gasteiger partial charge in [-0.05, 0) is 35.8 Å². The number of nitrogens with one attached hydrogen (secondary N) is 1. The molecule has 1 N–H and O–H groups in total. The fourth-order valence-electron chi connectivity index (χ4n) is 4.17. The molecular formula is C25H33N7O4. The van der Waals surface area contributed by atoms with Gasteiger partial charge in [0.1, 0.15) is 19.3 Å². The van der Waals surface area contributed by atoms with E-state index in [1.807, 2.05) is 42.3 Å². The summed E-state index contributed by atoms with van der Waals surface area (Å²) in [5, 5.41) is 14.8. The molecule has 0 radical (unpaired) electrons. The minimum atomic E-state index is -0.967. The Hall–Kier alpha value is -3.91. The van der Waals surface area contributed by atoms with Gasteiger partial charge in [-0.2, -0.15) is 0 Å². The molecule has 192 valence electrons. The van der Waals surface area contributed by atoms with Gasteiger partial charge in [0.15, 0.2) is 0 Å². The molecule has 3 atom stereocenters. The van der Waals surface area contributed by atoms with Gasteiger partial charge in [0.05, 0.1) is 18.7 Å². The van der Waals surface area contributed by atoms with E-state index in [0.717, 1.165) is 18.4 Å². The molecule has 1 fully saturated rings. The monoisotopic (exact) mass is 495 g/mol. The fourth-order valence-corrected chi connectivity index (χ4v) is 4.17. The van der Waals surface area contributed by atoms with Gasteiger partial charge in [-0.3, -0.25) is 4.79 Å². The standard InChI is InChI=1S/C25H33N7O4/c1-5-15-35-19(3)22(26-25(34)36-16-6-2)23(33)31-14-10-13-21(31)18-32-24(27-28-29-32)30(4)17-20-11-8-7-9-12-20/h1,6-9,11-12,19,21-22H,2,10,13-18H2,3-4H3,(H,26,34)/t19?,21-,22-/m0/s1. The van der Waals surface area contributed by atoms with Crippen molar-refractivity contribution in [3.8, 4) is 12.3 Å². The number of nitrogens with zero attached hydrogens (tertiary/aromatic N) is 6. The Morgan fingerprint density at radius 2 is 2.17 bits per heavy atom. The van der Waals surface area contributed by atoms with Crippen molar-refractivity contribution in [1.29, 1.82) is 0 Å². The smallest absolute Gasteiger partial charge is 0.408 e. The summed E-state index contributed by atoms with van der Waals surface area (Å²) in [5.74, 6) is 2.72. The number of hydrogen-bond donors (Lipinski definition) is 1. The van der Waals surface area contributed by atoms with E-state index >= 15 is 0 Å². The normalized spacial score (nSPS) is 16.6. The van der Waals surface area contributed by atoms with Crippen LogP contribution < -0.4 is 10.2 Å². The van der Waals surface area contributed by atoms with E-state index in [2.05, 4.69) is 33.3 Å². The van der Waals surface area contributed by atoms with E-state index in [-0.39, 0.29) is 25.2 Å². The predicted molar refractivity (Wildman–Crippen MR) is 134 cm³/mol. The Morgan fingerprint density at radius 1 is 1.39 bits per heavy atom. The molecular weight excluding hydrogens is 462 g/mol. The number of carbonyl (C=O) groups is 2. The topological polar surface area (TPSA) is 115 Å². The van der Waals surface area contributed by atoms with Gasteiger partial charge < -0.3 is 24.6 Å². The molecule has 3 rings (SSSR count). The Balaban J connectivity index is 1.72. The number of alkyl carbamates (subject to hydrolysis) is 1. The van der Waals surface area contributed by atoms with Crippen LogP contribution in [-0.2, 0) is 27.4 Å². The zero-order valence-corrected chi connectivity index (χ0v) is 20.7. The predicted octanol–water partition coefficient (Wildman–Crippen LogP) is 1.62. The molecule has 2 heterocycles. The maximum absolute atomic E-state index is 13.6. The van der Waals surface area contributed by atoms with Crippen LogP contribution in [0.15, 0.2) is 43.0 Å². The zero-order chi connectivity index (χ0) is 25.9. The molecule has 1 aliphatic rings. The van der Waals surface area contributed by atoms with Crippen molar-refractivity contribution < 1.29 is 19.1 Å². The lowest BCUT2D eigenvalue weighted by Crippen LogP contribution is -2.56. The van der Waals surface area contributed by atoms with Crippen LogP contribution in [0.4, 0.5) is 10.7 Å². The summed E-state index contributed by atoms with van der Waals surface area (Å²) in [6.07, 6.45) is 6.96. The first-order valence-electron chi connectivity index (χ1n) is 11.9. The second kappa shape index (κ2) is 13.3. The van der Waals surface area contributed by atoms with Gasteiger partial charge in [-0.15, -0.1) is 6.42 Å². The van der Waals surface area contributed by atoms with Crippen molar-refractivity contribution in [2.75, 3.05) is 31.7 Å². The van der Waals surface area contributed by atoms with Crippen molar-refractivity contribution in [2.45, 2.75) is 51.0 Å². The minimum absolute atomic E-state index is 0.0134. The Morgan fingerprint density at radius 3 is 2.89 bits per heavy atom. The van der Waals surface area contributed by atoms with E-state index in [9.17, 15) is 9.59 Å². The Labute approximate surface area is 211 Å². The number of anilines is 1. The first-order chi connectivity index (χ1) is 17.4. The number of rotatable bonds is 12. The summed E-state index contributed by atoms with van der Waals surface area (Å²) in [6.45, 7) is 6.85. The third-order valence-corrected chi connectivity index (χ3v) is 5.93. The van der Waals surface area contributed by atoms with Crippen LogP contribution in [0.25, 0.3) is 0 Å². The quantitative estimate of drug-likeness (QED) is 0.349. The number of benzene rings is 1. The maximum Gasteiger partial charge on any atom is 0.408 e. The number of ether oxygens (including phenoxy) is 2. The summed E-state index contributed by atoms with van der Waals surface area (Å²) < 4.78 is 12.3. The van der Waals surface area contributed by atoms with E-state index in [0.29, 0.717) is 25.6 Å². The van der Waals surface area contributed by atoms with Crippen molar-refractivity contribution in [2.24, 2.45) is 0 Å². The van der Waals surface area contributed by atoms with Crippen molar-refractivity contribution in [3.05, 3.63) is 48.6 Å². The molecule has 1 aromatic heterocycles. The van der Waals surface area contributed by atoms with Gasteiger partial charge in [0.2, 0.25) is 11.9 Å². The minimum Gasteiger partial charge on any atom is -0.445 e. The third-order valence-electron chi connectivity index (χ3n) is 5.93. The van der Waals surface area contributed by atoms with Crippen LogP contribution in [0.3, 0.4) is 0 Å². The molecule has 1 unspecified atom stereocenters. The molecule has 0 bridgehead atoms. The highest BCUT2D eigenvalue weighted by molar-refractivity contribution is 5.86. The number of likely N-dealkylation sites (tertiary alicyclic amines) is 1. The van der Waals surface area contributed by atoms with Crippen LogP contribution in [0, 0.1) is 12.3 Å². The van der Waals surface area contributed by atoms with Gasteiger partial charge in [0, 0.05) is 20.1 Å². The molecule has 2 aromatic rings. The zero-order valence-electron chi connectivity index (χ0n) is 20.7. The second-order valence-electron chi connectivity index (χ2n) is 8.56. The van der Waals surface area contributed by atoms with Crippen LogP contribution in [0.1, 0.15) is 25.3 Å². The summed E-state index contributed by atoms with van der Waals surface area (Å²) >= 11 is 0. The maximum atomic E-state index is 13.6. The summed E-state index contributed by atoms with van der Waals surface area (Å²) in [6, 6.07) is 8.90. The molecule has 0 spiro atoms. The highest BCUT2D eigenvalue weighted by Crippen LogP contribution is 2.23. The summed E-state index contributed by atoms with van der Waals surface area (Å²) in [4.78, 5) is 29.5. The molecule has 0 aliphatic carbocycles. The third kappa shape index (κ3) is 7.05. The van der Waals surface area contributed by atoms with Gasteiger partial charge in [-0.25, -0.2) is 9.48 Å². The van der Waals surface area contributed by atoms with Crippen LogP contribution in [0.2, 0.25) is 0 Å². The number of hydrogen-bond acceptors (Lipinski definition) is 8. The molecule has 0 saturated carbocycles. The number of aromatic nitrogens is 4. The van der Waals surface area contributed by atoms with Crippen molar-refractivity contribution in [1.82, 2.24) is 30.4 Å². The van der Waals surface area contributed by atoms with E-state index < -0.39 is 18.2 Å². The summed E-state index contributed by atoms with van der Waals surface area (Å²) in [7, 11) is 1.92. The van der Waals surface area contributed by atoms with Crippen LogP contribution in [-0.4, -0.2) is 82.1 Å². The lowest BCUT2D eigenvalue weighted by atomic mass is 10.1. The van der Waals surface area contributed by atoms with Gasteiger partial charge in [0.25, 0.3) is 0 Å². The van der Waals surface area contributed by atoms with Gasteiger partial charge in [-0.1, -0.05) is 54.0 Å². The fraction of sp³-hybridized carbons (Fsp3) is 0.480. The van der Waals surface area contributed by atoms with Crippen LogP contribution >= 0.6 is 0 Å². The number of carbonyl (C=O) groups excluding carboxylic acids is 2. The SMILES string of the molecule is C#CCOC(C)[C@H](NC(=O)OCC=C)C(=O)N1CCC[C@H]1Cn1nnnc1N(C)Cc1ccccc1. The molecule has 36 heavy (non-hydrogen) atoms. The molecule has 1 saturated heterocycles. The molecule has 1 aliphatic heterocycles. The van der Waals surface area contributed by atoms with E-state index in [4.69, 9.17) is 15.9 Å². The average molecular weight is 496 g/mol.